The number of aromatic amines is 2. The minimum absolute atomic E-state index is 0.0553. The van der Waals surface area contributed by atoms with Crippen molar-refractivity contribution < 1.29 is 38.1 Å². The van der Waals surface area contributed by atoms with Crippen LogP contribution in [0.25, 0.3) is 33.6 Å². The summed E-state index contributed by atoms with van der Waals surface area (Å²) in [6.45, 7) is 2.11. The number of H-pyrrole nitrogens is 2. The first-order valence-electron chi connectivity index (χ1n) is 21.8. The number of hydrogen-bond acceptors (Lipinski definition) is 10. The van der Waals surface area contributed by atoms with Crippen LogP contribution in [0.2, 0.25) is 0 Å². The number of carbonyl (C=O) groups is 4. The molecule has 0 spiro atoms. The van der Waals surface area contributed by atoms with Gasteiger partial charge in [-0.25, -0.2) is 19.6 Å². The number of amides is 4. The fraction of sp³-hybridized carbons (Fsp3) is 0.478. The first-order chi connectivity index (χ1) is 30.7. The molecule has 2 aromatic carbocycles. The predicted molar refractivity (Wildman–Crippen MR) is 240 cm³/mol. The molecule has 4 amide bonds. The third kappa shape index (κ3) is 8.83. The highest BCUT2D eigenvalue weighted by Gasteiger charge is 2.50. The van der Waals surface area contributed by atoms with Crippen molar-refractivity contribution >= 4 is 46.6 Å². The van der Waals surface area contributed by atoms with Crippen LogP contribution in [-0.2, 0) is 28.5 Å². The highest BCUT2D eigenvalue weighted by Crippen LogP contribution is 2.46. The summed E-state index contributed by atoms with van der Waals surface area (Å²) in [4.78, 5) is 73.5. The van der Waals surface area contributed by atoms with Gasteiger partial charge in [-0.3, -0.25) is 9.59 Å². The molecule has 17 heteroatoms. The summed E-state index contributed by atoms with van der Waals surface area (Å²) in [6.07, 6.45) is 12.1. The summed E-state index contributed by atoms with van der Waals surface area (Å²) in [6, 6.07) is 14.4. The van der Waals surface area contributed by atoms with Gasteiger partial charge in [-0.2, -0.15) is 0 Å². The van der Waals surface area contributed by atoms with Crippen LogP contribution in [0.1, 0.15) is 68.7 Å². The lowest BCUT2D eigenvalue weighted by atomic mass is 9.88. The SMILES string of the molecule is COC(=O)NC(C(=O)N1C(c2ncc(-c3ccc(-c4ccc(-c5cnc([C@@H]6CC[C@@H](I)N6C(=O)[C@@H](NC(=O)OC)[C@@H]6CCCOC6)[nH]5)cc4)cc3)[nH]2)C[C@H]2C=C[C@H]21)[C@@H]1CCCOC1. The van der Waals surface area contributed by atoms with Crippen LogP contribution >= 0.6 is 22.6 Å². The summed E-state index contributed by atoms with van der Waals surface area (Å²) in [7, 11) is 2.61. The number of fused-ring (bicyclic) bond motifs is 1. The molecule has 4 fully saturated rings. The highest BCUT2D eigenvalue weighted by molar-refractivity contribution is 14.1. The van der Waals surface area contributed by atoms with E-state index in [9.17, 15) is 19.2 Å². The third-order valence-corrected chi connectivity index (χ3v) is 14.5. The number of aromatic nitrogens is 4. The second-order valence-electron chi connectivity index (χ2n) is 17.0. The number of methoxy groups -OCH3 is 2. The minimum atomic E-state index is -0.760. The van der Waals surface area contributed by atoms with Gasteiger partial charge in [0.15, 0.2) is 0 Å². The van der Waals surface area contributed by atoms with E-state index in [1.165, 1.54) is 14.2 Å². The zero-order chi connectivity index (χ0) is 43.6. The lowest BCUT2D eigenvalue weighted by molar-refractivity contribution is -0.139. The smallest absolute Gasteiger partial charge is 0.407 e. The number of halogens is 1. The number of alkyl carbamates (subject to hydrolysis) is 2. The van der Waals surface area contributed by atoms with E-state index in [1.54, 1.807) is 0 Å². The quantitative estimate of drug-likeness (QED) is 0.0545. The summed E-state index contributed by atoms with van der Waals surface area (Å²) in [5.74, 6) is 1.06. The average Bonchev–Trinajstić information content (AvgIpc) is 4.14. The normalized spacial score (nSPS) is 26.3. The molecule has 9 rings (SSSR count). The second kappa shape index (κ2) is 18.8. The Bertz CT molecular complexity index is 2300. The van der Waals surface area contributed by atoms with Crippen molar-refractivity contribution in [3.8, 4) is 33.6 Å². The molecule has 4 N–H and O–H groups in total. The van der Waals surface area contributed by atoms with E-state index in [1.807, 2.05) is 22.2 Å². The van der Waals surface area contributed by atoms with Crippen molar-refractivity contribution in [2.24, 2.45) is 17.8 Å². The van der Waals surface area contributed by atoms with Crippen LogP contribution in [0.5, 0.6) is 0 Å². The number of benzene rings is 2. The number of imidazole rings is 2. The number of nitrogens with one attached hydrogen (secondary N) is 4. The first-order valence-corrected chi connectivity index (χ1v) is 23.1. The molecular formula is C46H53IN8O8. The lowest BCUT2D eigenvalue weighted by Crippen LogP contribution is -2.56. The van der Waals surface area contributed by atoms with Crippen molar-refractivity contribution in [2.45, 2.75) is 79.2 Å². The van der Waals surface area contributed by atoms with E-state index in [0.29, 0.717) is 38.1 Å². The zero-order valence-electron chi connectivity index (χ0n) is 35.3. The molecule has 4 aromatic rings. The van der Waals surface area contributed by atoms with Gasteiger partial charge < -0.3 is 49.3 Å². The summed E-state index contributed by atoms with van der Waals surface area (Å²) < 4.78 is 21.1. The Morgan fingerprint density at radius 3 is 1.63 bits per heavy atom. The maximum atomic E-state index is 14.3. The fourth-order valence-corrected chi connectivity index (χ4v) is 10.9. The Balaban J connectivity index is 0.869. The van der Waals surface area contributed by atoms with Crippen molar-refractivity contribution in [3.63, 3.8) is 0 Å². The topological polar surface area (TPSA) is 193 Å². The van der Waals surface area contributed by atoms with E-state index >= 15 is 0 Å². The van der Waals surface area contributed by atoms with Crippen LogP contribution in [0.15, 0.2) is 73.1 Å². The molecule has 16 nitrogen and oxygen atoms in total. The predicted octanol–water partition coefficient (Wildman–Crippen LogP) is 6.69. The minimum Gasteiger partial charge on any atom is -0.453 e. The maximum absolute atomic E-state index is 14.3. The largest absolute Gasteiger partial charge is 0.453 e. The van der Waals surface area contributed by atoms with Crippen molar-refractivity contribution in [3.05, 3.63) is 84.7 Å². The van der Waals surface area contributed by atoms with Gasteiger partial charge in [-0.1, -0.05) is 83.3 Å². The van der Waals surface area contributed by atoms with Gasteiger partial charge in [0.25, 0.3) is 0 Å². The Labute approximate surface area is 379 Å². The maximum Gasteiger partial charge on any atom is 0.407 e. The van der Waals surface area contributed by atoms with Gasteiger partial charge in [0.05, 0.1) is 73.4 Å². The number of likely N-dealkylation sites (tertiary alicyclic amines) is 2. The van der Waals surface area contributed by atoms with Gasteiger partial charge in [0.1, 0.15) is 23.7 Å². The van der Waals surface area contributed by atoms with Crippen molar-refractivity contribution in [1.29, 1.82) is 0 Å². The van der Waals surface area contributed by atoms with Crippen LogP contribution in [-0.4, -0.2) is 117 Å². The highest BCUT2D eigenvalue weighted by atomic mass is 127. The van der Waals surface area contributed by atoms with Crippen LogP contribution in [0.4, 0.5) is 9.59 Å². The first kappa shape index (κ1) is 43.0. The average molecular weight is 973 g/mol. The zero-order valence-corrected chi connectivity index (χ0v) is 37.5. The van der Waals surface area contributed by atoms with Gasteiger partial charge in [-0.15, -0.1) is 0 Å². The van der Waals surface area contributed by atoms with E-state index in [2.05, 4.69) is 104 Å². The second-order valence-corrected chi connectivity index (χ2v) is 18.4. The van der Waals surface area contributed by atoms with Crippen molar-refractivity contribution in [1.82, 2.24) is 40.4 Å². The number of alkyl halides is 1. The van der Waals surface area contributed by atoms with E-state index in [-0.39, 0.29) is 51.7 Å². The van der Waals surface area contributed by atoms with Crippen LogP contribution in [0.3, 0.4) is 0 Å². The number of hydrogen-bond donors (Lipinski definition) is 4. The number of carbonyl (C=O) groups excluding carboxylic acids is 4. The molecule has 2 aromatic heterocycles. The number of nitrogens with zero attached hydrogens (tertiary/aromatic N) is 4. The molecule has 0 saturated carbocycles. The Morgan fingerprint density at radius 1 is 0.683 bits per heavy atom. The number of ether oxygens (including phenoxy) is 4. The molecule has 332 valence electrons. The molecule has 0 radical (unpaired) electrons. The molecule has 63 heavy (non-hydrogen) atoms. The monoisotopic (exact) mass is 972 g/mol. The fourth-order valence-electron chi connectivity index (χ4n) is 9.84. The molecule has 6 heterocycles. The standard InChI is InChI=1S/C46H53IN8O8/c1-60-45(58)52-39(31-5-3-19-62-24-31)43(56)54-35-16-15-30(35)21-37(54)42-49-23-34(51-42)29-13-9-27(10-14-29)26-7-11-28(12-8-26)33-22-48-41(50-33)36-17-18-38(47)55(36)44(57)40(53-46(59)61-2)32-6-4-20-63-25-32/h7-16,22-23,30-32,35-40H,3-6,17-21,24-25H2,1-2H3,(H,48,50)(H,49,51)(H,52,58)(H,53,59)/t30-,31-,32-,35-,36+,37?,38+,39?,40+/m1/s1. The Kier molecular flexibility index (Phi) is 12.9. The van der Waals surface area contributed by atoms with Gasteiger partial charge in [0.2, 0.25) is 11.8 Å². The molecule has 9 atom stereocenters. The molecule has 2 unspecified atom stereocenters. The Morgan fingerprint density at radius 2 is 1.17 bits per heavy atom. The summed E-state index contributed by atoms with van der Waals surface area (Å²) >= 11 is 2.31. The Hall–Kier alpha value is -5.27. The lowest BCUT2D eigenvalue weighted by Gasteiger charge is -2.37. The third-order valence-electron chi connectivity index (χ3n) is 13.3. The summed E-state index contributed by atoms with van der Waals surface area (Å²) in [5.41, 5.74) is 5.73. The molecule has 5 aliphatic rings. The van der Waals surface area contributed by atoms with Gasteiger partial charge in [0, 0.05) is 31.0 Å². The molecular weight excluding hydrogens is 919 g/mol. The molecule has 4 saturated heterocycles. The molecule has 1 aliphatic carbocycles. The van der Waals surface area contributed by atoms with E-state index < -0.39 is 24.3 Å². The van der Waals surface area contributed by atoms with Crippen molar-refractivity contribution in [2.75, 3.05) is 40.6 Å². The van der Waals surface area contributed by atoms with E-state index in [4.69, 9.17) is 28.9 Å². The van der Waals surface area contributed by atoms with Crippen LogP contribution < -0.4 is 10.6 Å². The van der Waals surface area contributed by atoms with Crippen LogP contribution in [0, 0.1) is 17.8 Å². The van der Waals surface area contributed by atoms with Gasteiger partial charge in [-0.05, 0) is 67.2 Å². The van der Waals surface area contributed by atoms with E-state index in [0.717, 1.165) is 78.6 Å². The molecule has 4 aliphatic heterocycles. The van der Waals surface area contributed by atoms with Gasteiger partial charge >= 0.3 is 12.2 Å². The summed E-state index contributed by atoms with van der Waals surface area (Å²) in [5, 5.41) is 5.63. The number of rotatable bonds is 11. The molecule has 0 bridgehead atoms.